The zero-order valence-corrected chi connectivity index (χ0v) is 24.5. The van der Waals surface area contributed by atoms with Crippen LogP contribution in [0.1, 0.15) is 36.8 Å². The molecule has 3 aromatic rings. The summed E-state index contributed by atoms with van der Waals surface area (Å²) >= 11 is 22.3. The number of nitrogens with zero attached hydrogens (tertiary/aromatic N) is 1. The third-order valence-corrected chi connectivity index (χ3v) is 7.95. The second-order valence-electron chi connectivity index (χ2n) is 9.32. The summed E-state index contributed by atoms with van der Waals surface area (Å²) in [4.78, 5) is 29.0. The van der Waals surface area contributed by atoms with Crippen molar-refractivity contribution >= 4 is 62.5 Å². The minimum Gasteiger partial charge on any atom is -0.482 e. The fourth-order valence-corrected chi connectivity index (χ4v) is 5.77. The number of carbonyl (C=O) groups excluding carboxylic acids is 2. The SMILES string of the molecule is O=C(NC1CCCC1)C(Cc1ccccc1)N(Cc1ccc(Cl)cc1Cl)C(=O)COc1ccc(Br)cc1Cl. The minimum atomic E-state index is -0.777. The highest BCUT2D eigenvalue weighted by Gasteiger charge is 2.33. The van der Waals surface area contributed by atoms with Crippen LogP contribution in [-0.2, 0) is 22.6 Å². The monoisotopic (exact) mass is 636 g/mol. The van der Waals surface area contributed by atoms with E-state index in [1.165, 1.54) is 0 Å². The molecule has 38 heavy (non-hydrogen) atoms. The first-order valence-electron chi connectivity index (χ1n) is 12.5. The van der Waals surface area contributed by atoms with Gasteiger partial charge in [0.05, 0.1) is 5.02 Å². The molecule has 0 heterocycles. The Kier molecular flexibility index (Phi) is 10.4. The van der Waals surface area contributed by atoms with E-state index in [1.807, 2.05) is 30.3 Å². The average molecular weight is 639 g/mol. The van der Waals surface area contributed by atoms with Crippen LogP contribution in [0.3, 0.4) is 0 Å². The van der Waals surface area contributed by atoms with Gasteiger partial charge in [-0.05, 0) is 54.3 Å². The number of hydrogen-bond acceptors (Lipinski definition) is 3. The van der Waals surface area contributed by atoms with Crippen molar-refractivity contribution in [3.63, 3.8) is 0 Å². The summed E-state index contributed by atoms with van der Waals surface area (Å²) < 4.78 is 6.60. The molecule has 1 aliphatic carbocycles. The van der Waals surface area contributed by atoms with Gasteiger partial charge in [-0.25, -0.2) is 0 Å². The Morgan fingerprint density at radius 1 is 0.974 bits per heavy atom. The smallest absolute Gasteiger partial charge is 0.261 e. The Hall–Kier alpha value is -2.25. The number of carbonyl (C=O) groups is 2. The van der Waals surface area contributed by atoms with Crippen LogP contribution >= 0.6 is 50.7 Å². The first-order chi connectivity index (χ1) is 18.3. The summed E-state index contributed by atoms with van der Waals surface area (Å²) in [5.74, 6) is -0.180. The molecule has 1 fully saturated rings. The zero-order valence-electron chi connectivity index (χ0n) is 20.6. The fraction of sp³-hybridized carbons (Fsp3) is 0.310. The number of nitrogens with one attached hydrogen (secondary N) is 1. The van der Waals surface area contributed by atoms with Gasteiger partial charge in [-0.3, -0.25) is 9.59 Å². The third-order valence-electron chi connectivity index (χ3n) is 6.57. The van der Waals surface area contributed by atoms with E-state index in [9.17, 15) is 9.59 Å². The van der Waals surface area contributed by atoms with Crippen LogP contribution in [0.2, 0.25) is 15.1 Å². The van der Waals surface area contributed by atoms with Gasteiger partial charge < -0.3 is 15.0 Å². The summed E-state index contributed by atoms with van der Waals surface area (Å²) in [5, 5.41) is 4.46. The first kappa shape index (κ1) is 28.8. The second kappa shape index (κ2) is 13.7. The quantitative estimate of drug-likeness (QED) is 0.251. The molecule has 2 amide bonds. The Morgan fingerprint density at radius 3 is 2.39 bits per heavy atom. The number of halogens is 4. The average Bonchev–Trinajstić information content (AvgIpc) is 3.40. The number of ether oxygens (including phenoxy) is 1. The highest BCUT2D eigenvalue weighted by atomic mass is 79.9. The Labute approximate surface area is 246 Å². The van der Waals surface area contributed by atoms with Gasteiger partial charge in [0, 0.05) is 33.5 Å². The van der Waals surface area contributed by atoms with Crippen LogP contribution in [0, 0.1) is 0 Å². The molecule has 0 saturated heterocycles. The molecule has 200 valence electrons. The summed E-state index contributed by atoms with van der Waals surface area (Å²) in [6, 6.07) is 19.3. The van der Waals surface area contributed by atoms with Gasteiger partial charge in [0.1, 0.15) is 11.8 Å². The number of hydrogen-bond donors (Lipinski definition) is 1. The van der Waals surface area contributed by atoms with Crippen molar-refractivity contribution in [2.24, 2.45) is 0 Å². The van der Waals surface area contributed by atoms with Crippen molar-refractivity contribution in [1.82, 2.24) is 10.2 Å². The fourth-order valence-electron chi connectivity index (χ4n) is 4.57. The van der Waals surface area contributed by atoms with Crippen LogP contribution in [0.5, 0.6) is 5.75 Å². The molecule has 4 rings (SSSR count). The van der Waals surface area contributed by atoms with Gasteiger partial charge in [-0.1, -0.05) is 100.0 Å². The van der Waals surface area contributed by atoms with E-state index in [0.717, 1.165) is 35.7 Å². The maximum absolute atomic E-state index is 13.8. The molecule has 1 saturated carbocycles. The maximum Gasteiger partial charge on any atom is 0.261 e. The third kappa shape index (κ3) is 7.89. The molecule has 1 N–H and O–H groups in total. The molecule has 3 aromatic carbocycles. The molecule has 0 radical (unpaired) electrons. The van der Waals surface area contributed by atoms with Crippen molar-refractivity contribution in [2.45, 2.75) is 50.7 Å². The standard InChI is InChI=1S/C29H28BrCl3N2O3/c30-21-11-13-27(25(33)15-21)38-18-28(36)35(17-20-10-12-22(31)16-24(20)32)26(14-19-6-2-1-3-7-19)29(37)34-23-8-4-5-9-23/h1-3,6-7,10-13,15-16,23,26H,4-5,8-9,14,17-18H2,(H,34,37). The van der Waals surface area contributed by atoms with Crippen LogP contribution in [0.15, 0.2) is 71.2 Å². The number of amides is 2. The molecule has 0 bridgehead atoms. The molecule has 1 aliphatic rings. The van der Waals surface area contributed by atoms with E-state index >= 15 is 0 Å². The highest BCUT2D eigenvalue weighted by molar-refractivity contribution is 9.10. The van der Waals surface area contributed by atoms with Gasteiger partial charge in [-0.2, -0.15) is 0 Å². The van der Waals surface area contributed by atoms with Crippen LogP contribution < -0.4 is 10.1 Å². The lowest BCUT2D eigenvalue weighted by Crippen LogP contribution is -2.53. The van der Waals surface area contributed by atoms with E-state index < -0.39 is 6.04 Å². The number of rotatable bonds is 10. The first-order valence-corrected chi connectivity index (χ1v) is 14.4. The molecule has 0 spiro atoms. The summed E-state index contributed by atoms with van der Waals surface area (Å²) in [6.07, 6.45) is 4.38. The predicted octanol–water partition coefficient (Wildman–Crippen LogP) is 7.49. The van der Waals surface area contributed by atoms with Crippen LogP contribution in [-0.4, -0.2) is 35.4 Å². The lowest BCUT2D eigenvalue weighted by molar-refractivity contribution is -0.143. The van der Waals surface area contributed by atoms with Crippen molar-refractivity contribution in [3.8, 4) is 5.75 Å². The van der Waals surface area contributed by atoms with Crippen LogP contribution in [0.25, 0.3) is 0 Å². The van der Waals surface area contributed by atoms with Crippen molar-refractivity contribution in [2.75, 3.05) is 6.61 Å². The van der Waals surface area contributed by atoms with Gasteiger partial charge in [0.25, 0.3) is 5.91 Å². The Bertz CT molecular complexity index is 1270. The predicted molar refractivity (Wildman–Crippen MR) is 156 cm³/mol. The van der Waals surface area contributed by atoms with Gasteiger partial charge >= 0.3 is 0 Å². The molecular formula is C29H28BrCl3N2O3. The molecular weight excluding hydrogens is 611 g/mol. The van der Waals surface area contributed by atoms with Crippen molar-refractivity contribution < 1.29 is 14.3 Å². The van der Waals surface area contributed by atoms with Gasteiger partial charge in [0.15, 0.2) is 6.61 Å². The lowest BCUT2D eigenvalue weighted by Gasteiger charge is -2.32. The van der Waals surface area contributed by atoms with Gasteiger partial charge in [-0.15, -0.1) is 0 Å². The van der Waals surface area contributed by atoms with E-state index in [4.69, 9.17) is 39.5 Å². The highest BCUT2D eigenvalue weighted by Crippen LogP contribution is 2.29. The summed E-state index contributed by atoms with van der Waals surface area (Å²) in [5.41, 5.74) is 1.62. The summed E-state index contributed by atoms with van der Waals surface area (Å²) in [6.45, 7) is -0.184. The Balaban J connectivity index is 1.64. The molecule has 0 aliphatic heterocycles. The van der Waals surface area contributed by atoms with Gasteiger partial charge in [0.2, 0.25) is 5.91 Å². The normalized spacial score (nSPS) is 14.2. The maximum atomic E-state index is 13.8. The molecule has 5 nitrogen and oxygen atoms in total. The van der Waals surface area contributed by atoms with Crippen LogP contribution in [0.4, 0.5) is 0 Å². The zero-order chi connectivity index (χ0) is 27.1. The largest absolute Gasteiger partial charge is 0.482 e. The summed E-state index contributed by atoms with van der Waals surface area (Å²) in [7, 11) is 0. The minimum absolute atomic E-state index is 0.106. The molecule has 1 atom stereocenters. The van der Waals surface area contributed by atoms with Crippen molar-refractivity contribution in [3.05, 3.63) is 97.4 Å². The molecule has 0 aromatic heterocycles. The number of benzene rings is 3. The van der Waals surface area contributed by atoms with E-state index in [-0.39, 0.29) is 31.0 Å². The molecule has 9 heteroatoms. The van der Waals surface area contributed by atoms with E-state index in [1.54, 1.807) is 41.3 Å². The van der Waals surface area contributed by atoms with E-state index in [2.05, 4.69) is 21.2 Å². The van der Waals surface area contributed by atoms with E-state index in [0.29, 0.717) is 32.8 Å². The molecule has 1 unspecified atom stereocenters. The Morgan fingerprint density at radius 2 is 1.71 bits per heavy atom. The second-order valence-corrected chi connectivity index (χ2v) is 11.5. The lowest BCUT2D eigenvalue weighted by atomic mass is 10.0. The topological polar surface area (TPSA) is 58.6 Å². The van der Waals surface area contributed by atoms with Crippen molar-refractivity contribution in [1.29, 1.82) is 0 Å².